The second-order valence-corrected chi connectivity index (χ2v) is 4.52. The highest BCUT2D eigenvalue weighted by Crippen LogP contribution is 2.22. The Balaban J connectivity index is 2.19. The summed E-state index contributed by atoms with van der Waals surface area (Å²) < 4.78 is 5.01. The summed E-state index contributed by atoms with van der Waals surface area (Å²) in [6.07, 6.45) is 0.154. The van der Waals surface area contributed by atoms with Crippen molar-refractivity contribution in [3.05, 3.63) is 0 Å². The number of hydrogen-bond acceptors (Lipinski definition) is 4. The molecule has 1 saturated heterocycles. The van der Waals surface area contributed by atoms with Crippen LogP contribution in [0.2, 0.25) is 0 Å². The molecule has 0 aromatic rings. The molecule has 0 radical (unpaired) electrons. The monoisotopic (exact) mass is 178 g/mol. The molecule has 10 heavy (non-hydrogen) atoms. The van der Waals surface area contributed by atoms with Crippen LogP contribution < -0.4 is 0 Å². The summed E-state index contributed by atoms with van der Waals surface area (Å²) in [6.45, 7) is 1.46. The summed E-state index contributed by atoms with van der Waals surface area (Å²) in [5, 5.41) is 1.14. The van der Waals surface area contributed by atoms with Gasteiger partial charge in [0.05, 0.1) is 0 Å². The standard InChI is InChI=1S/C6H10O2S2/c1-5(7)8-6-2-9-4-10-3-6/h6H,2-4H2,1H3. The van der Waals surface area contributed by atoms with Gasteiger partial charge in [0.25, 0.3) is 0 Å². The second-order valence-electron chi connectivity index (χ2n) is 2.09. The van der Waals surface area contributed by atoms with Gasteiger partial charge in [-0.1, -0.05) is 0 Å². The molecule has 1 fully saturated rings. The quantitative estimate of drug-likeness (QED) is 0.566. The van der Waals surface area contributed by atoms with Gasteiger partial charge in [-0.05, 0) is 0 Å². The summed E-state index contributed by atoms with van der Waals surface area (Å²) in [5.41, 5.74) is 0. The van der Waals surface area contributed by atoms with Crippen LogP contribution in [-0.4, -0.2) is 28.7 Å². The number of carbonyl (C=O) groups excluding carboxylic acids is 1. The van der Waals surface area contributed by atoms with Crippen LogP contribution in [0.4, 0.5) is 0 Å². The van der Waals surface area contributed by atoms with Crippen LogP contribution in [0.15, 0.2) is 0 Å². The molecule has 1 rings (SSSR count). The highest BCUT2D eigenvalue weighted by Gasteiger charge is 2.15. The van der Waals surface area contributed by atoms with Crippen molar-refractivity contribution in [3.8, 4) is 0 Å². The smallest absolute Gasteiger partial charge is 0.302 e. The zero-order valence-corrected chi connectivity index (χ0v) is 7.46. The van der Waals surface area contributed by atoms with Crippen LogP contribution in [-0.2, 0) is 9.53 Å². The van der Waals surface area contributed by atoms with Gasteiger partial charge in [-0.3, -0.25) is 4.79 Å². The van der Waals surface area contributed by atoms with Gasteiger partial charge >= 0.3 is 5.97 Å². The van der Waals surface area contributed by atoms with E-state index in [0.29, 0.717) is 0 Å². The lowest BCUT2D eigenvalue weighted by molar-refractivity contribution is -0.144. The van der Waals surface area contributed by atoms with E-state index in [1.165, 1.54) is 6.92 Å². The molecule has 0 aromatic heterocycles. The van der Waals surface area contributed by atoms with Crippen LogP contribution in [0.25, 0.3) is 0 Å². The lowest BCUT2D eigenvalue weighted by atomic mass is 10.5. The van der Waals surface area contributed by atoms with E-state index in [9.17, 15) is 4.79 Å². The first-order chi connectivity index (χ1) is 4.79. The van der Waals surface area contributed by atoms with Gasteiger partial charge in [0.2, 0.25) is 0 Å². The Kier molecular flexibility index (Phi) is 3.42. The Labute approximate surface area is 69.1 Å². The van der Waals surface area contributed by atoms with Crippen molar-refractivity contribution in [2.45, 2.75) is 13.0 Å². The Morgan fingerprint density at radius 1 is 1.50 bits per heavy atom. The molecule has 0 unspecified atom stereocenters. The van der Waals surface area contributed by atoms with Crippen molar-refractivity contribution in [2.24, 2.45) is 0 Å². The minimum atomic E-state index is -0.159. The molecular weight excluding hydrogens is 168 g/mol. The van der Waals surface area contributed by atoms with E-state index in [2.05, 4.69) is 0 Å². The summed E-state index contributed by atoms with van der Waals surface area (Å²) in [5.74, 6) is 1.77. The molecule has 2 nitrogen and oxygen atoms in total. The van der Waals surface area contributed by atoms with Crippen molar-refractivity contribution in [3.63, 3.8) is 0 Å². The van der Waals surface area contributed by atoms with Crippen LogP contribution in [0.1, 0.15) is 6.92 Å². The molecule has 0 aliphatic carbocycles. The van der Waals surface area contributed by atoms with E-state index < -0.39 is 0 Å². The molecule has 0 aromatic carbocycles. The number of rotatable bonds is 1. The van der Waals surface area contributed by atoms with E-state index in [1.807, 2.05) is 23.5 Å². The first-order valence-electron chi connectivity index (χ1n) is 3.12. The molecule has 0 atom stereocenters. The van der Waals surface area contributed by atoms with Gasteiger partial charge in [0.15, 0.2) is 0 Å². The van der Waals surface area contributed by atoms with E-state index in [4.69, 9.17) is 4.74 Å². The number of thioether (sulfide) groups is 2. The van der Waals surface area contributed by atoms with Crippen molar-refractivity contribution in [2.75, 3.05) is 16.6 Å². The van der Waals surface area contributed by atoms with Gasteiger partial charge in [-0.2, -0.15) is 0 Å². The highest BCUT2D eigenvalue weighted by atomic mass is 32.2. The summed E-state index contributed by atoms with van der Waals surface area (Å²) >= 11 is 3.66. The van der Waals surface area contributed by atoms with Crippen LogP contribution in [0.5, 0.6) is 0 Å². The fraction of sp³-hybridized carbons (Fsp3) is 0.833. The van der Waals surface area contributed by atoms with Gasteiger partial charge in [-0.25, -0.2) is 0 Å². The van der Waals surface area contributed by atoms with Crippen LogP contribution >= 0.6 is 23.5 Å². The predicted octanol–water partition coefficient (Wildman–Crippen LogP) is 1.36. The lowest BCUT2D eigenvalue weighted by Crippen LogP contribution is -2.24. The van der Waals surface area contributed by atoms with Gasteiger partial charge in [0, 0.05) is 23.5 Å². The zero-order chi connectivity index (χ0) is 7.40. The molecule has 0 bridgehead atoms. The molecule has 0 saturated carbocycles. The first-order valence-corrected chi connectivity index (χ1v) is 5.42. The van der Waals surface area contributed by atoms with E-state index in [-0.39, 0.29) is 12.1 Å². The van der Waals surface area contributed by atoms with Crippen molar-refractivity contribution < 1.29 is 9.53 Å². The molecule has 0 N–H and O–H groups in total. The molecule has 1 aliphatic rings. The Morgan fingerprint density at radius 3 is 2.60 bits per heavy atom. The molecule has 1 aliphatic heterocycles. The molecular formula is C6H10O2S2. The minimum Gasteiger partial charge on any atom is -0.461 e. The molecule has 4 heteroatoms. The average Bonchev–Trinajstić information content (AvgIpc) is 1.88. The SMILES string of the molecule is CC(=O)OC1CSCSC1. The van der Waals surface area contributed by atoms with E-state index in [0.717, 1.165) is 16.6 Å². The summed E-state index contributed by atoms with van der Waals surface area (Å²) in [4.78, 5) is 10.5. The first kappa shape index (κ1) is 8.27. The third kappa shape index (κ3) is 2.84. The molecule has 1 heterocycles. The van der Waals surface area contributed by atoms with Gasteiger partial charge < -0.3 is 4.74 Å². The largest absolute Gasteiger partial charge is 0.461 e. The Bertz CT molecular complexity index is 121. The number of ether oxygens (including phenoxy) is 1. The van der Waals surface area contributed by atoms with Crippen LogP contribution in [0, 0.1) is 0 Å². The average molecular weight is 178 g/mol. The minimum absolute atomic E-state index is 0.154. The maximum absolute atomic E-state index is 10.5. The Morgan fingerprint density at radius 2 is 2.10 bits per heavy atom. The fourth-order valence-electron chi connectivity index (χ4n) is 0.769. The maximum Gasteiger partial charge on any atom is 0.302 e. The van der Waals surface area contributed by atoms with Gasteiger partial charge in [0.1, 0.15) is 6.10 Å². The topological polar surface area (TPSA) is 26.3 Å². The predicted molar refractivity (Wildman–Crippen MR) is 45.3 cm³/mol. The van der Waals surface area contributed by atoms with Crippen molar-refractivity contribution in [1.82, 2.24) is 0 Å². The lowest BCUT2D eigenvalue weighted by Gasteiger charge is -2.20. The number of hydrogen-bond donors (Lipinski definition) is 0. The number of esters is 1. The normalized spacial score (nSPS) is 20.5. The van der Waals surface area contributed by atoms with E-state index >= 15 is 0 Å². The van der Waals surface area contributed by atoms with Gasteiger partial charge in [-0.15, -0.1) is 23.5 Å². The van der Waals surface area contributed by atoms with Crippen molar-refractivity contribution >= 4 is 29.5 Å². The van der Waals surface area contributed by atoms with E-state index in [1.54, 1.807) is 0 Å². The molecule has 58 valence electrons. The molecule has 0 spiro atoms. The Hall–Kier alpha value is 0.170. The summed E-state index contributed by atoms with van der Waals surface area (Å²) in [7, 11) is 0. The third-order valence-corrected chi connectivity index (χ3v) is 3.66. The maximum atomic E-state index is 10.5. The second kappa shape index (κ2) is 4.13. The summed E-state index contributed by atoms with van der Waals surface area (Å²) in [6, 6.07) is 0. The third-order valence-electron chi connectivity index (χ3n) is 1.11. The zero-order valence-electron chi connectivity index (χ0n) is 5.83. The number of carbonyl (C=O) groups is 1. The van der Waals surface area contributed by atoms with Crippen molar-refractivity contribution in [1.29, 1.82) is 0 Å². The highest BCUT2D eigenvalue weighted by molar-refractivity contribution is 8.16. The fourth-order valence-corrected chi connectivity index (χ4v) is 3.06. The van der Waals surface area contributed by atoms with Crippen LogP contribution in [0.3, 0.4) is 0 Å². The molecule has 0 amide bonds.